The highest BCUT2D eigenvalue weighted by Crippen LogP contribution is 2.42. The molecule has 1 N–H and O–H groups in total. The third-order valence-electron chi connectivity index (χ3n) is 5.01. The van der Waals surface area contributed by atoms with Crippen LogP contribution in [-0.4, -0.2) is 47.0 Å². The van der Waals surface area contributed by atoms with Crippen LogP contribution >= 0.6 is 0 Å². The van der Waals surface area contributed by atoms with E-state index in [1.165, 1.54) is 10.4 Å². The minimum Gasteiger partial charge on any atom is -0.367 e. The largest absolute Gasteiger partial charge is 0.410 e. The average molecular weight is 392 g/mol. The summed E-state index contributed by atoms with van der Waals surface area (Å²) in [6.07, 6.45) is -1.42. The van der Waals surface area contributed by atoms with E-state index in [4.69, 9.17) is 0 Å². The molecule has 10 heteroatoms. The van der Waals surface area contributed by atoms with E-state index in [9.17, 15) is 21.6 Å². The van der Waals surface area contributed by atoms with E-state index in [1.54, 1.807) is 6.07 Å². The summed E-state index contributed by atoms with van der Waals surface area (Å²) in [7, 11) is -3.54. The van der Waals surface area contributed by atoms with Crippen molar-refractivity contribution < 1.29 is 21.6 Å². The summed E-state index contributed by atoms with van der Waals surface area (Å²) in [4.78, 5) is 0. The summed E-state index contributed by atoms with van der Waals surface area (Å²) in [5.74, 6) is 0.103. The molecular weight excluding hydrogens is 369 g/mol. The third-order valence-corrected chi connectivity index (χ3v) is 6.82. The normalized spacial score (nSPS) is 27.2. The Morgan fingerprint density at radius 2 is 2.19 bits per heavy atom. The number of nitrogens with one attached hydrogen (secondary N) is 1. The fraction of sp³-hybridized carbons (Fsp3) is 0.688. The van der Waals surface area contributed by atoms with Crippen molar-refractivity contribution in [2.75, 3.05) is 17.6 Å². The van der Waals surface area contributed by atoms with Crippen molar-refractivity contribution >= 4 is 15.8 Å². The Balaban J connectivity index is 1.96. The van der Waals surface area contributed by atoms with E-state index in [2.05, 4.69) is 17.0 Å². The molecule has 1 aromatic rings. The Labute approximate surface area is 151 Å². The van der Waals surface area contributed by atoms with Crippen LogP contribution in [-0.2, 0) is 10.0 Å². The molecule has 3 unspecified atom stereocenters. The number of sulfonamides is 1. The average Bonchev–Trinajstić information content (AvgIpc) is 3.19. The lowest BCUT2D eigenvalue weighted by molar-refractivity contribution is -0.173. The zero-order valence-electron chi connectivity index (χ0n) is 14.5. The number of aromatic nitrogens is 2. The van der Waals surface area contributed by atoms with Crippen molar-refractivity contribution in [1.29, 1.82) is 0 Å². The molecule has 0 aromatic carbocycles. The van der Waals surface area contributed by atoms with Gasteiger partial charge in [-0.05, 0) is 25.7 Å². The lowest BCUT2D eigenvalue weighted by Crippen LogP contribution is -2.39. The summed E-state index contributed by atoms with van der Waals surface area (Å²) in [5.41, 5.74) is 0.364. The second kappa shape index (κ2) is 6.88. The maximum Gasteiger partial charge on any atom is 0.410 e. The molecule has 0 radical (unpaired) electrons. The highest BCUT2D eigenvalue weighted by molar-refractivity contribution is 7.89. The van der Waals surface area contributed by atoms with Gasteiger partial charge in [0, 0.05) is 18.7 Å². The zero-order chi connectivity index (χ0) is 19.1. The van der Waals surface area contributed by atoms with Crippen LogP contribution < -0.4 is 5.32 Å². The fourth-order valence-corrected chi connectivity index (χ4v) is 5.21. The van der Waals surface area contributed by atoms with Gasteiger partial charge in [-0.3, -0.25) is 0 Å². The predicted molar refractivity (Wildman–Crippen MR) is 92.3 cm³/mol. The van der Waals surface area contributed by atoms with Crippen molar-refractivity contribution in [3.63, 3.8) is 0 Å². The monoisotopic (exact) mass is 392 g/mol. The fourth-order valence-electron chi connectivity index (χ4n) is 3.71. The van der Waals surface area contributed by atoms with Crippen LogP contribution in [0.3, 0.4) is 0 Å². The molecule has 3 atom stereocenters. The van der Waals surface area contributed by atoms with Gasteiger partial charge in [-0.2, -0.15) is 22.6 Å². The highest BCUT2D eigenvalue weighted by Gasteiger charge is 2.47. The van der Waals surface area contributed by atoms with E-state index in [-0.39, 0.29) is 18.2 Å². The first kappa shape index (κ1) is 19.2. The Hall–Kier alpha value is -1.55. The van der Waals surface area contributed by atoms with Gasteiger partial charge >= 0.3 is 6.18 Å². The SMILES string of the molecule is C=CCS(=O)(=O)N1CCCC1c1cc2n(n1)C(C(F)(F)F)CC(CC)N2. The minimum atomic E-state index is -4.40. The van der Waals surface area contributed by atoms with Gasteiger partial charge in [-0.1, -0.05) is 13.0 Å². The smallest absolute Gasteiger partial charge is 0.367 e. The van der Waals surface area contributed by atoms with Crippen LogP contribution in [0, 0.1) is 0 Å². The predicted octanol–water partition coefficient (Wildman–Crippen LogP) is 3.23. The molecule has 0 bridgehead atoms. The minimum absolute atomic E-state index is 0.0860. The van der Waals surface area contributed by atoms with Crippen LogP contribution in [0.25, 0.3) is 0 Å². The number of nitrogens with zero attached hydrogens (tertiary/aromatic N) is 3. The number of fused-ring (bicyclic) bond motifs is 1. The van der Waals surface area contributed by atoms with E-state index in [1.807, 2.05) is 6.92 Å². The second-order valence-corrected chi connectivity index (χ2v) is 8.74. The van der Waals surface area contributed by atoms with Gasteiger partial charge in [0.05, 0.1) is 17.5 Å². The molecular formula is C16H23F3N4O2S. The molecule has 0 aliphatic carbocycles. The molecule has 1 aromatic heterocycles. The first-order valence-corrected chi connectivity index (χ1v) is 10.3. The summed E-state index contributed by atoms with van der Waals surface area (Å²) in [6.45, 7) is 5.64. The standard InChI is InChI=1S/C16H23F3N4O2S/c1-3-8-26(24,25)22-7-5-6-13(22)12-10-15-20-11(4-2)9-14(16(17,18)19)23(15)21-12/h3,10-11,13-14,20H,1,4-9H2,2H3. The zero-order valence-corrected chi connectivity index (χ0v) is 15.4. The number of rotatable bonds is 5. The lowest BCUT2D eigenvalue weighted by Gasteiger charge is -2.32. The van der Waals surface area contributed by atoms with Gasteiger partial charge in [0.25, 0.3) is 0 Å². The number of hydrogen-bond donors (Lipinski definition) is 1. The number of anilines is 1. The van der Waals surface area contributed by atoms with Crippen LogP contribution in [0.1, 0.15) is 50.4 Å². The van der Waals surface area contributed by atoms with Gasteiger partial charge in [0.2, 0.25) is 10.0 Å². The molecule has 6 nitrogen and oxygen atoms in total. The Morgan fingerprint density at radius 3 is 2.81 bits per heavy atom. The molecule has 0 saturated carbocycles. The summed E-state index contributed by atoms with van der Waals surface area (Å²) >= 11 is 0. The third kappa shape index (κ3) is 3.48. The van der Waals surface area contributed by atoms with Crippen LogP contribution in [0.5, 0.6) is 0 Å². The van der Waals surface area contributed by atoms with Gasteiger partial charge < -0.3 is 5.32 Å². The van der Waals surface area contributed by atoms with Crippen molar-refractivity contribution in [2.45, 2.75) is 56.9 Å². The number of alkyl halides is 3. The molecule has 2 aliphatic heterocycles. The molecule has 3 rings (SSSR count). The first-order valence-electron chi connectivity index (χ1n) is 8.70. The Kier molecular flexibility index (Phi) is 5.08. The van der Waals surface area contributed by atoms with E-state index < -0.39 is 28.3 Å². The van der Waals surface area contributed by atoms with Gasteiger partial charge in [-0.25, -0.2) is 13.1 Å². The summed E-state index contributed by atoms with van der Waals surface area (Å²) < 4.78 is 67.5. The molecule has 0 spiro atoms. The summed E-state index contributed by atoms with van der Waals surface area (Å²) in [6, 6.07) is -0.957. The maximum atomic E-state index is 13.5. The van der Waals surface area contributed by atoms with E-state index in [0.29, 0.717) is 37.3 Å². The molecule has 146 valence electrons. The Bertz CT molecular complexity index is 775. The van der Waals surface area contributed by atoms with Crippen LogP contribution in [0.4, 0.5) is 19.0 Å². The molecule has 2 aliphatic rings. The molecule has 1 fully saturated rings. The van der Waals surface area contributed by atoms with E-state index >= 15 is 0 Å². The second-order valence-electron chi connectivity index (χ2n) is 6.78. The number of hydrogen-bond acceptors (Lipinski definition) is 4. The highest BCUT2D eigenvalue weighted by atomic mass is 32.2. The number of halogens is 3. The van der Waals surface area contributed by atoms with E-state index in [0.717, 1.165) is 4.68 Å². The van der Waals surface area contributed by atoms with Gasteiger partial charge in [-0.15, -0.1) is 6.58 Å². The van der Waals surface area contributed by atoms with Gasteiger partial charge in [0.15, 0.2) is 6.04 Å². The van der Waals surface area contributed by atoms with Crippen molar-refractivity contribution in [1.82, 2.24) is 14.1 Å². The molecule has 26 heavy (non-hydrogen) atoms. The van der Waals surface area contributed by atoms with Crippen LogP contribution in [0.2, 0.25) is 0 Å². The lowest BCUT2D eigenvalue weighted by atomic mass is 10.0. The maximum absolute atomic E-state index is 13.5. The van der Waals surface area contributed by atoms with Crippen LogP contribution in [0.15, 0.2) is 18.7 Å². The molecule has 1 saturated heterocycles. The topological polar surface area (TPSA) is 67.2 Å². The molecule has 3 heterocycles. The van der Waals surface area contributed by atoms with Gasteiger partial charge in [0.1, 0.15) is 5.82 Å². The molecule has 0 amide bonds. The quantitative estimate of drug-likeness (QED) is 0.782. The summed E-state index contributed by atoms with van der Waals surface area (Å²) in [5, 5.41) is 7.26. The Morgan fingerprint density at radius 1 is 1.46 bits per heavy atom. The van der Waals surface area contributed by atoms with Crippen molar-refractivity contribution in [3.05, 3.63) is 24.4 Å². The first-order chi connectivity index (χ1) is 12.2. The van der Waals surface area contributed by atoms with Crippen molar-refractivity contribution in [3.8, 4) is 0 Å². The van der Waals surface area contributed by atoms with Crippen molar-refractivity contribution in [2.24, 2.45) is 0 Å².